The lowest BCUT2D eigenvalue weighted by atomic mass is 9.84. The molecule has 0 amide bonds. The van der Waals surface area contributed by atoms with Gasteiger partial charge in [0, 0.05) is 49.5 Å². The van der Waals surface area contributed by atoms with Gasteiger partial charge in [-0.3, -0.25) is 0 Å². The summed E-state index contributed by atoms with van der Waals surface area (Å²) >= 11 is 0. The summed E-state index contributed by atoms with van der Waals surface area (Å²) in [6, 6.07) is 68.9. The molecule has 10 aromatic carbocycles. The van der Waals surface area contributed by atoms with E-state index in [9.17, 15) is 0 Å². The smallest absolute Gasteiger partial charge is 0.143 e. The lowest BCUT2D eigenvalue weighted by Crippen LogP contribution is -1.91. The first kappa shape index (κ1) is 32.2. The van der Waals surface area contributed by atoms with Crippen LogP contribution >= 0.6 is 0 Å². The normalized spacial score (nSPS) is 12.1. The van der Waals surface area contributed by atoms with Gasteiger partial charge in [-0.05, 0) is 79.0 Å². The molecule has 0 unspecified atom stereocenters. The molecular formula is C56H32O3. The highest BCUT2D eigenvalue weighted by atomic mass is 16.3. The van der Waals surface area contributed by atoms with Crippen LogP contribution in [0.15, 0.2) is 207 Å². The van der Waals surface area contributed by atoms with Crippen LogP contribution < -0.4 is 0 Å². The molecule has 0 saturated carbocycles. The Balaban J connectivity index is 1.12. The molecule has 3 heterocycles. The zero-order valence-electron chi connectivity index (χ0n) is 31.7. The molecule has 0 spiro atoms. The molecule has 0 saturated heterocycles. The fourth-order valence-corrected chi connectivity index (χ4v) is 9.78. The third kappa shape index (κ3) is 4.64. The van der Waals surface area contributed by atoms with Gasteiger partial charge in [0.15, 0.2) is 0 Å². The zero-order valence-corrected chi connectivity index (χ0v) is 31.7. The van der Waals surface area contributed by atoms with E-state index in [1.807, 2.05) is 6.07 Å². The number of fused-ring (bicyclic) bond motifs is 11. The van der Waals surface area contributed by atoms with Crippen LogP contribution in [0.4, 0.5) is 0 Å². The first-order chi connectivity index (χ1) is 29.3. The molecule has 13 rings (SSSR count). The predicted octanol–water partition coefficient (Wildman–Crippen LogP) is 16.4. The molecule has 0 aliphatic carbocycles. The lowest BCUT2D eigenvalue weighted by Gasteiger charge is -2.18. The number of hydrogen-bond acceptors (Lipinski definition) is 3. The van der Waals surface area contributed by atoms with Gasteiger partial charge in [0.1, 0.15) is 33.7 Å². The summed E-state index contributed by atoms with van der Waals surface area (Å²) in [5, 5.41) is 12.5. The molecule has 274 valence electrons. The lowest BCUT2D eigenvalue weighted by molar-refractivity contribution is 0.629. The van der Waals surface area contributed by atoms with Gasteiger partial charge in [-0.2, -0.15) is 0 Å². The summed E-state index contributed by atoms with van der Waals surface area (Å²) in [4.78, 5) is 0. The Morgan fingerprint density at radius 2 is 0.797 bits per heavy atom. The average molecular weight is 753 g/mol. The van der Waals surface area contributed by atoms with Crippen molar-refractivity contribution in [1.29, 1.82) is 0 Å². The van der Waals surface area contributed by atoms with Crippen LogP contribution in [0.5, 0.6) is 0 Å². The van der Waals surface area contributed by atoms with Crippen molar-refractivity contribution in [2.45, 2.75) is 0 Å². The van der Waals surface area contributed by atoms with Crippen LogP contribution in [-0.4, -0.2) is 0 Å². The maximum absolute atomic E-state index is 6.74. The summed E-state index contributed by atoms with van der Waals surface area (Å²) in [7, 11) is 0. The van der Waals surface area contributed by atoms with Gasteiger partial charge in [0.2, 0.25) is 0 Å². The Morgan fingerprint density at radius 1 is 0.271 bits per heavy atom. The van der Waals surface area contributed by atoms with Gasteiger partial charge in [0.05, 0.1) is 0 Å². The predicted molar refractivity (Wildman–Crippen MR) is 245 cm³/mol. The highest BCUT2D eigenvalue weighted by molar-refractivity contribution is 6.29. The monoisotopic (exact) mass is 752 g/mol. The van der Waals surface area contributed by atoms with E-state index < -0.39 is 0 Å². The van der Waals surface area contributed by atoms with Crippen molar-refractivity contribution in [3.8, 4) is 44.7 Å². The highest BCUT2D eigenvalue weighted by Gasteiger charge is 2.25. The van der Waals surface area contributed by atoms with Gasteiger partial charge in [-0.1, -0.05) is 164 Å². The number of hydrogen-bond donors (Lipinski definition) is 0. The van der Waals surface area contributed by atoms with Crippen molar-refractivity contribution in [2.24, 2.45) is 0 Å². The van der Waals surface area contributed by atoms with Crippen LogP contribution in [0.3, 0.4) is 0 Å². The van der Waals surface area contributed by atoms with Crippen LogP contribution in [0, 0.1) is 0 Å². The van der Waals surface area contributed by atoms with E-state index in [4.69, 9.17) is 13.3 Å². The largest absolute Gasteiger partial charge is 0.456 e. The minimum atomic E-state index is 0.796. The molecule has 0 aliphatic rings. The molecular weight excluding hydrogens is 721 g/mol. The fraction of sp³-hybridized carbons (Fsp3) is 0. The third-order valence-corrected chi connectivity index (χ3v) is 12.3. The summed E-state index contributed by atoms with van der Waals surface area (Å²) in [5.74, 6) is 0.852. The van der Waals surface area contributed by atoms with E-state index in [-0.39, 0.29) is 0 Å². The van der Waals surface area contributed by atoms with Crippen molar-refractivity contribution in [2.75, 3.05) is 0 Å². The maximum Gasteiger partial charge on any atom is 0.143 e. The molecule has 0 atom stereocenters. The SMILES string of the molecule is c1ccc(-c2oc3cc4oc5cccc(-c6c7ccccc7c(-c7cccc8oc9c%10ccccc%10ccc9c78)c7ccccc67)c5c4cc3c2-c2ccccc2)cc1. The van der Waals surface area contributed by atoms with Crippen LogP contribution in [0.1, 0.15) is 0 Å². The second-order valence-electron chi connectivity index (χ2n) is 15.4. The van der Waals surface area contributed by atoms with E-state index in [0.717, 1.165) is 93.8 Å². The van der Waals surface area contributed by atoms with E-state index in [1.165, 1.54) is 38.1 Å². The summed E-state index contributed by atoms with van der Waals surface area (Å²) < 4.78 is 20.2. The fourth-order valence-electron chi connectivity index (χ4n) is 9.78. The zero-order chi connectivity index (χ0) is 38.6. The van der Waals surface area contributed by atoms with Gasteiger partial charge in [-0.25, -0.2) is 0 Å². The Morgan fingerprint density at radius 3 is 1.44 bits per heavy atom. The van der Waals surface area contributed by atoms with Gasteiger partial charge >= 0.3 is 0 Å². The number of rotatable bonds is 4. The maximum atomic E-state index is 6.74. The van der Waals surface area contributed by atoms with Crippen molar-refractivity contribution in [3.05, 3.63) is 194 Å². The average Bonchev–Trinajstić information content (AvgIpc) is 3.99. The second kappa shape index (κ2) is 12.3. The Kier molecular flexibility index (Phi) is 6.72. The van der Waals surface area contributed by atoms with Gasteiger partial charge in [-0.15, -0.1) is 0 Å². The Labute approximate surface area is 337 Å². The van der Waals surface area contributed by atoms with E-state index in [2.05, 4.69) is 188 Å². The molecule has 13 aromatic rings. The molecule has 0 N–H and O–H groups in total. The first-order valence-corrected chi connectivity index (χ1v) is 20.1. The summed E-state index contributed by atoms with van der Waals surface area (Å²) in [5.41, 5.74) is 12.1. The number of benzene rings is 10. The highest BCUT2D eigenvalue weighted by Crippen LogP contribution is 2.50. The van der Waals surface area contributed by atoms with Crippen LogP contribution in [0.25, 0.3) is 132 Å². The molecule has 0 radical (unpaired) electrons. The first-order valence-electron chi connectivity index (χ1n) is 20.1. The molecule has 59 heavy (non-hydrogen) atoms. The van der Waals surface area contributed by atoms with Gasteiger partial charge in [0.25, 0.3) is 0 Å². The van der Waals surface area contributed by atoms with Crippen molar-refractivity contribution in [1.82, 2.24) is 0 Å². The Bertz CT molecular complexity index is 3770. The van der Waals surface area contributed by atoms with E-state index in [1.54, 1.807) is 0 Å². The standard InChI is InChI=1S/C56H32O3/c1-3-16-34(17-4-1)50-44-31-45-48(32-49(44)59-55(50)35-18-5-2-6-19-35)57-46-27-13-26-42(54(45)46)52-39-23-11-9-21-37(39)51(38-22-10-12-24-40(38)52)41-25-14-28-47-53(41)43-30-29-33-15-7-8-20-36(33)56(43)58-47/h1-32H. The topological polar surface area (TPSA) is 39.4 Å². The molecule has 0 bridgehead atoms. The quantitative estimate of drug-likeness (QED) is 0.168. The van der Waals surface area contributed by atoms with Gasteiger partial charge < -0.3 is 13.3 Å². The Hall–Kier alpha value is -7.88. The number of furan rings is 3. The molecule has 3 nitrogen and oxygen atoms in total. The molecule has 0 aliphatic heterocycles. The third-order valence-electron chi connectivity index (χ3n) is 12.3. The molecule has 0 fully saturated rings. The van der Waals surface area contributed by atoms with Crippen molar-refractivity contribution < 1.29 is 13.3 Å². The minimum absolute atomic E-state index is 0.796. The summed E-state index contributed by atoms with van der Waals surface area (Å²) in [6.07, 6.45) is 0. The van der Waals surface area contributed by atoms with Crippen LogP contribution in [0.2, 0.25) is 0 Å². The molecule has 3 heteroatoms. The van der Waals surface area contributed by atoms with E-state index >= 15 is 0 Å². The molecule has 3 aromatic heterocycles. The van der Waals surface area contributed by atoms with Crippen LogP contribution in [-0.2, 0) is 0 Å². The second-order valence-corrected chi connectivity index (χ2v) is 15.4. The summed E-state index contributed by atoms with van der Waals surface area (Å²) in [6.45, 7) is 0. The van der Waals surface area contributed by atoms with E-state index in [0.29, 0.717) is 0 Å². The minimum Gasteiger partial charge on any atom is -0.456 e. The van der Waals surface area contributed by atoms with Crippen molar-refractivity contribution >= 4 is 87.2 Å². The van der Waals surface area contributed by atoms with Crippen molar-refractivity contribution in [3.63, 3.8) is 0 Å².